The Morgan fingerprint density at radius 2 is 2.00 bits per heavy atom. The number of halogens is 1. The molecular formula is C14H22BrN. The van der Waals surface area contributed by atoms with Crippen LogP contribution in [0.25, 0.3) is 0 Å². The third kappa shape index (κ3) is 3.91. The molecule has 1 aromatic carbocycles. The van der Waals surface area contributed by atoms with E-state index in [0.29, 0.717) is 12.0 Å². The van der Waals surface area contributed by atoms with E-state index in [1.165, 1.54) is 17.5 Å². The van der Waals surface area contributed by atoms with Crippen LogP contribution in [0.2, 0.25) is 0 Å². The van der Waals surface area contributed by atoms with Crippen molar-refractivity contribution in [2.75, 3.05) is 6.54 Å². The molecule has 0 saturated carbocycles. The van der Waals surface area contributed by atoms with E-state index < -0.39 is 0 Å². The fraction of sp³-hybridized carbons (Fsp3) is 0.571. The van der Waals surface area contributed by atoms with Crippen LogP contribution in [0, 0.1) is 12.8 Å². The van der Waals surface area contributed by atoms with E-state index in [-0.39, 0.29) is 0 Å². The molecule has 0 heterocycles. The Bertz CT molecular complexity index is 334. The molecule has 0 aromatic heterocycles. The van der Waals surface area contributed by atoms with Crippen molar-refractivity contribution in [1.82, 2.24) is 5.32 Å². The van der Waals surface area contributed by atoms with Crippen LogP contribution in [-0.4, -0.2) is 6.54 Å². The smallest absolute Gasteiger partial charge is 0.0325 e. The highest BCUT2D eigenvalue weighted by molar-refractivity contribution is 9.10. The highest BCUT2D eigenvalue weighted by Crippen LogP contribution is 2.26. The lowest BCUT2D eigenvalue weighted by atomic mass is 9.94. The number of nitrogens with one attached hydrogen (secondary N) is 1. The van der Waals surface area contributed by atoms with Crippen molar-refractivity contribution in [1.29, 1.82) is 0 Å². The molecule has 1 nitrogen and oxygen atoms in total. The first-order chi connectivity index (χ1) is 7.54. The average molecular weight is 284 g/mol. The second-order valence-corrected chi connectivity index (χ2v) is 5.66. The summed E-state index contributed by atoms with van der Waals surface area (Å²) < 4.78 is 1.16. The van der Waals surface area contributed by atoms with E-state index in [2.05, 4.69) is 67.1 Å². The monoisotopic (exact) mass is 283 g/mol. The van der Waals surface area contributed by atoms with Crippen molar-refractivity contribution in [3.8, 4) is 0 Å². The quantitative estimate of drug-likeness (QED) is 0.842. The first-order valence-corrected chi connectivity index (χ1v) is 6.83. The van der Waals surface area contributed by atoms with Gasteiger partial charge in [-0.05, 0) is 49.1 Å². The molecule has 0 aliphatic rings. The van der Waals surface area contributed by atoms with Crippen LogP contribution < -0.4 is 5.32 Å². The highest BCUT2D eigenvalue weighted by atomic mass is 79.9. The second-order valence-electron chi connectivity index (χ2n) is 4.74. The highest BCUT2D eigenvalue weighted by Gasteiger charge is 2.14. The molecule has 0 amide bonds. The fourth-order valence-electron chi connectivity index (χ4n) is 2.07. The van der Waals surface area contributed by atoms with Crippen molar-refractivity contribution in [3.63, 3.8) is 0 Å². The zero-order valence-corrected chi connectivity index (χ0v) is 12.3. The standard InChI is InChI=1S/C14H22BrN/c1-5-16-14(8-10(2)3)13-7-6-12(15)9-11(13)4/h6-7,9-10,14,16H,5,8H2,1-4H3. The molecule has 1 rings (SSSR count). The number of hydrogen-bond donors (Lipinski definition) is 1. The van der Waals surface area contributed by atoms with Gasteiger partial charge in [0.25, 0.3) is 0 Å². The SMILES string of the molecule is CCNC(CC(C)C)c1ccc(Br)cc1C. The third-order valence-corrected chi connectivity index (χ3v) is 3.26. The minimum Gasteiger partial charge on any atom is -0.310 e. The van der Waals surface area contributed by atoms with Crippen LogP contribution in [0.4, 0.5) is 0 Å². The summed E-state index contributed by atoms with van der Waals surface area (Å²) in [7, 11) is 0. The molecular weight excluding hydrogens is 262 g/mol. The molecule has 1 aromatic rings. The molecule has 0 radical (unpaired) electrons. The summed E-state index contributed by atoms with van der Waals surface area (Å²) in [5.74, 6) is 0.715. The third-order valence-electron chi connectivity index (χ3n) is 2.76. The number of hydrogen-bond acceptors (Lipinski definition) is 1. The van der Waals surface area contributed by atoms with Gasteiger partial charge in [0.1, 0.15) is 0 Å². The van der Waals surface area contributed by atoms with E-state index in [1.807, 2.05) is 0 Å². The molecule has 1 N–H and O–H groups in total. The van der Waals surface area contributed by atoms with Crippen LogP contribution in [-0.2, 0) is 0 Å². The van der Waals surface area contributed by atoms with Gasteiger partial charge >= 0.3 is 0 Å². The molecule has 0 saturated heterocycles. The zero-order valence-electron chi connectivity index (χ0n) is 10.7. The van der Waals surface area contributed by atoms with E-state index in [1.54, 1.807) is 0 Å². The second kappa shape index (κ2) is 6.41. The van der Waals surface area contributed by atoms with Gasteiger partial charge < -0.3 is 5.32 Å². The molecule has 16 heavy (non-hydrogen) atoms. The lowest BCUT2D eigenvalue weighted by Crippen LogP contribution is -2.23. The molecule has 0 spiro atoms. The van der Waals surface area contributed by atoms with E-state index in [9.17, 15) is 0 Å². The van der Waals surface area contributed by atoms with Crippen molar-refractivity contribution in [3.05, 3.63) is 33.8 Å². The normalized spacial score (nSPS) is 13.1. The van der Waals surface area contributed by atoms with Gasteiger partial charge in [-0.1, -0.05) is 42.8 Å². The average Bonchev–Trinajstić information content (AvgIpc) is 2.16. The minimum atomic E-state index is 0.484. The molecule has 1 unspecified atom stereocenters. The molecule has 90 valence electrons. The van der Waals surface area contributed by atoms with Gasteiger partial charge in [-0.3, -0.25) is 0 Å². The predicted molar refractivity (Wildman–Crippen MR) is 74.8 cm³/mol. The summed E-state index contributed by atoms with van der Waals surface area (Å²) in [5, 5.41) is 3.58. The molecule has 0 aliphatic carbocycles. The maximum Gasteiger partial charge on any atom is 0.0325 e. The molecule has 0 aliphatic heterocycles. The number of aryl methyl sites for hydroxylation is 1. The summed E-state index contributed by atoms with van der Waals surface area (Å²) in [6, 6.07) is 7.04. The Balaban J connectivity index is 2.91. The predicted octanol–water partition coefficient (Wildman–Crippen LogP) is 4.45. The molecule has 0 fully saturated rings. The zero-order chi connectivity index (χ0) is 12.1. The fourth-order valence-corrected chi connectivity index (χ4v) is 2.54. The van der Waals surface area contributed by atoms with Crippen molar-refractivity contribution in [2.45, 2.75) is 40.2 Å². The Labute approximate surface area is 108 Å². The molecule has 1 atom stereocenters. The van der Waals surface area contributed by atoms with Crippen molar-refractivity contribution < 1.29 is 0 Å². The van der Waals surface area contributed by atoms with Crippen LogP contribution in [0.15, 0.2) is 22.7 Å². The molecule has 2 heteroatoms. The van der Waals surface area contributed by atoms with E-state index in [0.717, 1.165) is 11.0 Å². The largest absolute Gasteiger partial charge is 0.310 e. The lowest BCUT2D eigenvalue weighted by Gasteiger charge is -2.22. The van der Waals surface area contributed by atoms with E-state index in [4.69, 9.17) is 0 Å². The van der Waals surface area contributed by atoms with Gasteiger partial charge in [-0.2, -0.15) is 0 Å². The summed E-state index contributed by atoms with van der Waals surface area (Å²) in [4.78, 5) is 0. The lowest BCUT2D eigenvalue weighted by molar-refractivity contribution is 0.437. The van der Waals surface area contributed by atoms with Gasteiger partial charge in [0, 0.05) is 10.5 Å². The van der Waals surface area contributed by atoms with Crippen LogP contribution in [0.1, 0.15) is 44.4 Å². The van der Waals surface area contributed by atoms with Gasteiger partial charge in [-0.25, -0.2) is 0 Å². The maximum absolute atomic E-state index is 3.58. The minimum absolute atomic E-state index is 0.484. The van der Waals surface area contributed by atoms with Gasteiger partial charge in [0.2, 0.25) is 0 Å². The Kier molecular flexibility index (Phi) is 5.50. The molecule has 0 bridgehead atoms. The van der Waals surface area contributed by atoms with Crippen LogP contribution in [0.3, 0.4) is 0 Å². The van der Waals surface area contributed by atoms with Gasteiger partial charge in [-0.15, -0.1) is 0 Å². The van der Waals surface area contributed by atoms with Gasteiger partial charge in [0.15, 0.2) is 0 Å². The first kappa shape index (κ1) is 13.7. The maximum atomic E-state index is 3.58. The van der Waals surface area contributed by atoms with E-state index >= 15 is 0 Å². The Morgan fingerprint density at radius 3 is 2.50 bits per heavy atom. The Morgan fingerprint density at radius 1 is 1.31 bits per heavy atom. The summed E-state index contributed by atoms with van der Waals surface area (Å²) in [6.45, 7) is 9.93. The Hall–Kier alpha value is -0.340. The van der Waals surface area contributed by atoms with Crippen molar-refractivity contribution >= 4 is 15.9 Å². The first-order valence-electron chi connectivity index (χ1n) is 6.04. The summed E-state index contributed by atoms with van der Waals surface area (Å²) >= 11 is 3.51. The van der Waals surface area contributed by atoms with Gasteiger partial charge in [0.05, 0.1) is 0 Å². The number of rotatable bonds is 5. The van der Waals surface area contributed by atoms with Crippen molar-refractivity contribution in [2.24, 2.45) is 5.92 Å². The van der Waals surface area contributed by atoms with Crippen LogP contribution in [0.5, 0.6) is 0 Å². The number of benzene rings is 1. The van der Waals surface area contributed by atoms with Crippen LogP contribution >= 0.6 is 15.9 Å². The summed E-state index contributed by atoms with van der Waals surface area (Å²) in [5.41, 5.74) is 2.79. The topological polar surface area (TPSA) is 12.0 Å². The summed E-state index contributed by atoms with van der Waals surface area (Å²) in [6.07, 6.45) is 1.19.